The zero-order valence-corrected chi connectivity index (χ0v) is 19.6. The Labute approximate surface area is 199 Å². The quantitative estimate of drug-likeness (QED) is 0.241. The van der Waals surface area contributed by atoms with Gasteiger partial charge in [-0.3, -0.25) is 19.7 Å². The summed E-state index contributed by atoms with van der Waals surface area (Å²) in [5.74, 6) is -0.511. The predicted octanol–water partition coefficient (Wildman–Crippen LogP) is 3.53. The maximum absolute atomic E-state index is 13.0. The van der Waals surface area contributed by atoms with Crippen molar-refractivity contribution in [1.82, 2.24) is 10.2 Å². The number of carbonyl (C=O) groups is 2. The minimum atomic E-state index is -0.470. The van der Waals surface area contributed by atoms with E-state index in [1.54, 1.807) is 30.3 Å². The average molecular weight is 466 g/mol. The van der Waals surface area contributed by atoms with Crippen LogP contribution in [-0.4, -0.2) is 61.9 Å². The van der Waals surface area contributed by atoms with Crippen molar-refractivity contribution in [3.05, 3.63) is 69.8 Å². The summed E-state index contributed by atoms with van der Waals surface area (Å²) in [4.78, 5) is 40.0. The normalized spacial score (nSPS) is 13.4. The van der Waals surface area contributed by atoms with Crippen molar-refractivity contribution in [2.45, 2.75) is 19.3 Å². The van der Waals surface area contributed by atoms with Crippen molar-refractivity contribution in [3.8, 4) is 0 Å². The van der Waals surface area contributed by atoms with Gasteiger partial charge in [0.2, 0.25) is 5.91 Å². The maximum atomic E-state index is 13.0. The molecular weight excluding hydrogens is 434 g/mol. The van der Waals surface area contributed by atoms with Crippen LogP contribution in [0.4, 0.5) is 17.1 Å². The lowest BCUT2D eigenvalue weighted by molar-refractivity contribution is -0.384. The molecule has 1 aliphatic rings. The van der Waals surface area contributed by atoms with Crippen molar-refractivity contribution in [2.24, 2.45) is 0 Å². The van der Waals surface area contributed by atoms with E-state index in [1.807, 2.05) is 20.2 Å². The average Bonchev–Trinajstić information content (AvgIpc) is 3.35. The number of benzene rings is 2. The summed E-state index contributed by atoms with van der Waals surface area (Å²) in [6.07, 6.45) is 5.97. The zero-order chi connectivity index (χ0) is 24.5. The molecule has 2 amide bonds. The standard InChI is InChI=1S/C25H31N5O4/c1-28(2)15-5-14-26-25(32)22-18-20(9-12-23(22)29-16-3-4-17-29)27-24(31)13-8-19-6-10-21(11-7-19)30(33)34/h6-13,18H,3-5,14-17H2,1-2H3,(H,26,32)(H,27,31)/b13-8+. The molecule has 3 rings (SSSR count). The van der Waals surface area contributed by atoms with E-state index in [0.29, 0.717) is 23.4 Å². The third-order valence-corrected chi connectivity index (χ3v) is 5.55. The first-order valence-corrected chi connectivity index (χ1v) is 11.4. The van der Waals surface area contributed by atoms with Crippen LogP contribution in [0.1, 0.15) is 35.2 Å². The molecule has 9 heteroatoms. The van der Waals surface area contributed by atoms with Gasteiger partial charge in [0.05, 0.1) is 10.5 Å². The lowest BCUT2D eigenvalue weighted by Crippen LogP contribution is -2.29. The molecule has 0 bridgehead atoms. The fourth-order valence-electron chi connectivity index (χ4n) is 3.78. The van der Waals surface area contributed by atoms with Crippen LogP contribution in [0.2, 0.25) is 0 Å². The smallest absolute Gasteiger partial charge is 0.269 e. The predicted molar refractivity (Wildman–Crippen MR) is 134 cm³/mol. The summed E-state index contributed by atoms with van der Waals surface area (Å²) in [7, 11) is 3.99. The Kier molecular flexibility index (Phi) is 8.75. The first-order valence-electron chi connectivity index (χ1n) is 11.4. The zero-order valence-electron chi connectivity index (χ0n) is 19.6. The largest absolute Gasteiger partial charge is 0.371 e. The first-order chi connectivity index (χ1) is 16.3. The van der Waals surface area contributed by atoms with Crippen LogP contribution < -0.4 is 15.5 Å². The van der Waals surface area contributed by atoms with Gasteiger partial charge in [-0.2, -0.15) is 0 Å². The van der Waals surface area contributed by atoms with Gasteiger partial charge in [0, 0.05) is 49.2 Å². The van der Waals surface area contributed by atoms with E-state index in [2.05, 4.69) is 20.4 Å². The van der Waals surface area contributed by atoms with Crippen molar-refractivity contribution < 1.29 is 14.5 Å². The van der Waals surface area contributed by atoms with Crippen LogP contribution in [0.5, 0.6) is 0 Å². The Morgan fingerprint density at radius 3 is 2.47 bits per heavy atom. The molecule has 34 heavy (non-hydrogen) atoms. The van der Waals surface area contributed by atoms with Gasteiger partial charge in [-0.05, 0) is 81.9 Å². The molecule has 0 aromatic heterocycles. The highest BCUT2D eigenvalue weighted by atomic mass is 16.6. The van der Waals surface area contributed by atoms with E-state index in [-0.39, 0.29) is 17.5 Å². The monoisotopic (exact) mass is 465 g/mol. The van der Waals surface area contributed by atoms with Crippen molar-refractivity contribution >= 4 is 35.0 Å². The highest BCUT2D eigenvalue weighted by molar-refractivity contribution is 6.05. The third kappa shape index (κ3) is 7.14. The van der Waals surface area contributed by atoms with E-state index < -0.39 is 4.92 Å². The van der Waals surface area contributed by atoms with Gasteiger partial charge in [-0.1, -0.05) is 0 Å². The van der Waals surface area contributed by atoms with Crippen LogP contribution >= 0.6 is 0 Å². The van der Waals surface area contributed by atoms with Crippen molar-refractivity contribution in [1.29, 1.82) is 0 Å². The second kappa shape index (κ2) is 11.9. The van der Waals surface area contributed by atoms with E-state index >= 15 is 0 Å². The second-order valence-corrected chi connectivity index (χ2v) is 8.51. The molecule has 0 saturated carbocycles. The van der Waals surface area contributed by atoms with Gasteiger partial charge in [0.25, 0.3) is 11.6 Å². The summed E-state index contributed by atoms with van der Waals surface area (Å²) in [6.45, 7) is 3.27. The highest BCUT2D eigenvalue weighted by Gasteiger charge is 2.20. The molecule has 1 fully saturated rings. The van der Waals surface area contributed by atoms with E-state index in [1.165, 1.54) is 18.2 Å². The van der Waals surface area contributed by atoms with Crippen LogP contribution in [0, 0.1) is 10.1 Å². The molecule has 0 spiro atoms. The Morgan fingerprint density at radius 1 is 1.12 bits per heavy atom. The number of nitrogens with one attached hydrogen (secondary N) is 2. The lowest BCUT2D eigenvalue weighted by atomic mass is 10.1. The molecular formula is C25H31N5O4. The summed E-state index contributed by atoms with van der Waals surface area (Å²) < 4.78 is 0. The number of rotatable bonds is 10. The topological polar surface area (TPSA) is 108 Å². The summed E-state index contributed by atoms with van der Waals surface area (Å²) in [6, 6.07) is 11.3. The molecule has 1 heterocycles. The molecule has 0 aliphatic carbocycles. The maximum Gasteiger partial charge on any atom is 0.269 e. The SMILES string of the molecule is CN(C)CCCNC(=O)c1cc(NC(=O)/C=C/c2ccc([N+](=O)[O-])cc2)ccc1N1CCCC1. The van der Waals surface area contributed by atoms with Gasteiger partial charge < -0.3 is 20.4 Å². The third-order valence-electron chi connectivity index (χ3n) is 5.55. The van der Waals surface area contributed by atoms with Crippen LogP contribution in [-0.2, 0) is 4.79 Å². The number of hydrogen-bond donors (Lipinski definition) is 2. The Morgan fingerprint density at radius 2 is 1.82 bits per heavy atom. The molecule has 2 aromatic carbocycles. The molecule has 0 unspecified atom stereocenters. The molecule has 0 radical (unpaired) electrons. The summed E-state index contributed by atoms with van der Waals surface area (Å²) in [5.41, 5.74) is 2.61. The minimum Gasteiger partial charge on any atom is -0.371 e. The summed E-state index contributed by atoms with van der Waals surface area (Å²) in [5, 5.41) is 16.5. The van der Waals surface area contributed by atoms with Gasteiger partial charge in [-0.25, -0.2) is 0 Å². The number of nitro benzene ring substituents is 1. The minimum absolute atomic E-state index is 0.00721. The van der Waals surface area contributed by atoms with Crippen LogP contribution in [0.3, 0.4) is 0 Å². The Bertz CT molecular complexity index is 1040. The van der Waals surface area contributed by atoms with Gasteiger partial charge in [0.1, 0.15) is 0 Å². The number of nitrogens with zero attached hydrogens (tertiary/aromatic N) is 3. The molecule has 2 N–H and O–H groups in total. The highest BCUT2D eigenvalue weighted by Crippen LogP contribution is 2.27. The number of hydrogen-bond acceptors (Lipinski definition) is 6. The van der Waals surface area contributed by atoms with Crippen molar-refractivity contribution in [2.75, 3.05) is 50.5 Å². The van der Waals surface area contributed by atoms with E-state index in [0.717, 1.165) is 44.6 Å². The second-order valence-electron chi connectivity index (χ2n) is 8.51. The lowest BCUT2D eigenvalue weighted by Gasteiger charge is -2.22. The molecule has 0 atom stereocenters. The van der Waals surface area contributed by atoms with E-state index in [4.69, 9.17) is 0 Å². The molecule has 2 aromatic rings. The van der Waals surface area contributed by atoms with Gasteiger partial charge >= 0.3 is 0 Å². The molecule has 1 saturated heterocycles. The molecule has 180 valence electrons. The fraction of sp³-hybridized carbons (Fsp3) is 0.360. The number of nitro groups is 1. The van der Waals surface area contributed by atoms with Gasteiger partial charge in [-0.15, -0.1) is 0 Å². The Balaban J connectivity index is 1.69. The fourth-order valence-corrected chi connectivity index (χ4v) is 3.78. The van der Waals surface area contributed by atoms with Crippen molar-refractivity contribution in [3.63, 3.8) is 0 Å². The van der Waals surface area contributed by atoms with E-state index in [9.17, 15) is 19.7 Å². The Hall–Kier alpha value is -3.72. The number of amides is 2. The number of non-ortho nitro benzene ring substituents is 1. The van der Waals surface area contributed by atoms with Crippen LogP contribution in [0.25, 0.3) is 6.08 Å². The molecule has 9 nitrogen and oxygen atoms in total. The van der Waals surface area contributed by atoms with Gasteiger partial charge in [0.15, 0.2) is 0 Å². The summed E-state index contributed by atoms with van der Waals surface area (Å²) >= 11 is 0. The number of carbonyl (C=O) groups excluding carboxylic acids is 2. The first kappa shape index (κ1) is 24.9. The van der Waals surface area contributed by atoms with Crippen LogP contribution in [0.15, 0.2) is 48.5 Å². The molecule has 1 aliphatic heterocycles. The number of anilines is 2.